The van der Waals surface area contributed by atoms with Crippen LogP contribution in [0.1, 0.15) is 63.8 Å². The van der Waals surface area contributed by atoms with Crippen molar-refractivity contribution in [3.8, 4) is 22.9 Å². The monoisotopic (exact) mass is 1010 g/mol. The first-order chi connectivity index (χ1) is 26.8. The zero-order valence-corrected chi connectivity index (χ0v) is 36.9. The molecular formula is C41H39Br2Cl4F3N4O4. The fraction of sp³-hybridized carbons (Fsp3) is 0.244. The molecule has 0 fully saturated rings. The molecule has 0 aliphatic carbocycles. The van der Waals surface area contributed by atoms with Crippen molar-refractivity contribution in [3.63, 3.8) is 0 Å². The average Bonchev–Trinajstić information content (AvgIpc) is 3.77. The van der Waals surface area contributed by atoms with Gasteiger partial charge in [0.05, 0.1) is 42.9 Å². The quantitative estimate of drug-likeness (QED) is 0.138. The summed E-state index contributed by atoms with van der Waals surface area (Å²) in [5.74, 6) is 1.79. The molecule has 6 rings (SSSR count). The Morgan fingerprint density at radius 1 is 0.707 bits per heavy atom. The Kier molecular flexibility index (Phi) is 18.2. The molecule has 0 aliphatic rings. The second-order valence-corrected chi connectivity index (χ2v) is 16.4. The van der Waals surface area contributed by atoms with Gasteiger partial charge in [0.15, 0.2) is 0 Å². The van der Waals surface area contributed by atoms with Crippen LogP contribution in [0.25, 0.3) is 11.4 Å². The summed E-state index contributed by atoms with van der Waals surface area (Å²) in [7, 11) is 0. The number of halogens is 9. The van der Waals surface area contributed by atoms with Crippen molar-refractivity contribution >= 4 is 84.5 Å². The second-order valence-electron chi connectivity index (χ2n) is 12.9. The summed E-state index contributed by atoms with van der Waals surface area (Å²) in [6.07, 6.45) is -5.70. The third kappa shape index (κ3) is 14.0. The molecule has 0 spiro atoms. The van der Waals surface area contributed by atoms with Gasteiger partial charge in [0.25, 0.3) is 0 Å². The predicted molar refractivity (Wildman–Crippen MR) is 232 cm³/mol. The molecule has 0 atom stereocenters. The van der Waals surface area contributed by atoms with Crippen molar-refractivity contribution < 1.29 is 32.5 Å². The third-order valence-electron chi connectivity index (χ3n) is 7.64. The molecule has 2 aromatic heterocycles. The largest absolute Gasteiger partial charge is 0.487 e. The first-order valence-corrected chi connectivity index (χ1v) is 20.0. The lowest BCUT2D eigenvalue weighted by Gasteiger charge is -2.14. The third-order valence-corrected chi connectivity index (χ3v) is 9.91. The smallest absolute Gasteiger partial charge is 0.446 e. The Labute approximate surface area is 372 Å². The standard InChI is InChI=1S/C19H17BrCl2N2O2.C19H17BrCl2N2O.C2HF3O.CH4/c1-19(2,25)17-10-13(11-26-14-8-6-12(20)7-9-14)24(23-17)18-15(21)4-3-5-16(18)22;1-12(2)18-10-14(11-25-15-8-6-13(20)7-9-15)24(23-18)19-16(21)4-3-5-17(19)22;3-2(4,5)1-6;/h3-10,25H,11H2,1-2H3;3-10,12H,11H2,1-2H3;1H;1H4. The number of carbonyl (C=O) groups is 1. The van der Waals surface area contributed by atoms with E-state index in [0.717, 1.165) is 37.5 Å². The number of aromatic nitrogens is 4. The van der Waals surface area contributed by atoms with Crippen molar-refractivity contribution in [1.82, 2.24) is 19.6 Å². The Bertz CT molecular complexity index is 2220. The van der Waals surface area contributed by atoms with Crippen LogP contribution in [0, 0.1) is 0 Å². The van der Waals surface area contributed by atoms with E-state index in [0.29, 0.717) is 43.8 Å². The molecule has 0 bridgehead atoms. The molecule has 0 radical (unpaired) electrons. The van der Waals surface area contributed by atoms with Gasteiger partial charge in [-0.05, 0) is 105 Å². The van der Waals surface area contributed by atoms with E-state index in [1.54, 1.807) is 59.6 Å². The molecule has 17 heteroatoms. The molecule has 310 valence electrons. The molecule has 0 unspecified atom stereocenters. The van der Waals surface area contributed by atoms with Gasteiger partial charge in [0, 0.05) is 8.95 Å². The Hall–Kier alpha value is -3.56. The summed E-state index contributed by atoms with van der Waals surface area (Å²) in [6.45, 7) is 8.15. The molecule has 2 heterocycles. The highest BCUT2D eigenvalue weighted by Gasteiger charge is 2.25. The minimum Gasteiger partial charge on any atom is -0.487 e. The maximum absolute atomic E-state index is 10.4. The number of nitrogens with zero attached hydrogens (tertiary/aromatic N) is 4. The van der Waals surface area contributed by atoms with E-state index < -0.39 is 18.1 Å². The van der Waals surface area contributed by atoms with E-state index in [9.17, 15) is 18.3 Å². The molecule has 0 saturated heterocycles. The molecule has 0 amide bonds. The van der Waals surface area contributed by atoms with E-state index in [1.807, 2.05) is 60.7 Å². The van der Waals surface area contributed by atoms with Gasteiger partial charge in [-0.1, -0.05) is 112 Å². The summed E-state index contributed by atoms with van der Waals surface area (Å²) in [4.78, 5) is 8.70. The van der Waals surface area contributed by atoms with Crippen LogP contribution in [0.4, 0.5) is 13.2 Å². The van der Waals surface area contributed by atoms with Gasteiger partial charge in [-0.2, -0.15) is 23.4 Å². The number of para-hydroxylation sites is 2. The van der Waals surface area contributed by atoms with Crippen LogP contribution in [0.3, 0.4) is 0 Å². The van der Waals surface area contributed by atoms with Gasteiger partial charge in [0.2, 0.25) is 6.29 Å². The molecule has 0 aliphatic heterocycles. The zero-order valence-electron chi connectivity index (χ0n) is 30.7. The van der Waals surface area contributed by atoms with Crippen LogP contribution >= 0.6 is 78.3 Å². The van der Waals surface area contributed by atoms with E-state index in [2.05, 4.69) is 55.9 Å². The molecule has 0 saturated carbocycles. The van der Waals surface area contributed by atoms with E-state index in [4.69, 9.17) is 60.7 Å². The number of hydrogen-bond donors (Lipinski definition) is 1. The van der Waals surface area contributed by atoms with Gasteiger partial charge in [0.1, 0.15) is 41.7 Å². The molecule has 6 aromatic rings. The molecule has 58 heavy (non-hydrogen) atoms. The lowest BCUT2D eigenvalue weighted by Crippen LogP contribution is -2.16. The highest BCUT2D eigenvalue weighted by molar-refractivity contribution is 9.10. The minimum absolute atomic E-state index is 0. The van der Waals surface area contributed by atoms with E-state index >= 15 is 0 Å². The number of carbonyl (C=O) groups excluding carboxylic acids is 1. The number of alkyl halides is 3. The maximum atomic E-state index is 10.4. The van der Waals surface area contributed by atoms with E-state index in [1.165, 1.54) is 0 Å². The highest BCUT2D eigenvalue weighted by Crippen LogP contribution is 2.33. The molecule has 1 N–H and O–H groups in total. The summed E-state index contributed by atoms with van der Waals surface area (Å²) in [5.41, 5.74) is 3.20. The summed E-state index contributed by atoms with van der Waals surface area (Å²) in [5, 5.41) is 21.6. The summed E-state index contributed by atoms with van der Waals surface area (Å²) < 4.78 is 48.4. The molecule has 4 aromatic carbocycles. The van der Waals surface area contributed by atoms with Crippen molar-refractivity contribution in [2.24, 2.45) is 0 Å². The highest BCUT2D eigenvalue weighted by atomic mass is 79.9. The maximum Gasteiger partial charge on any atom is 0.446 e. The lowest BCUT2D eigenvalue weighted by molar-refractivity contribution is -0.156. The minimum atomic E-state index is -4.64. The number of benzene rings is 4. The fourth-order valence-electron chi connectivity index (χ4n) is 4.79. The predicted octanol–water partition coefficient (Wildman–Crippen LogP) is 13.8. The summed E-state index contributed by atoms with van der Waals surface area (Å²) in [6, 6.07) is 29.8. The zero-order chi connectivity index (χ0) is 42.1. The van der Waals surface area contributed by atoms with Gasteiger partial charge in [-0.25, -0.2) is 9.36 Å². The van der Waals surface area contributed by atoms with Crippen molar-refractivity contribution in [2.45, 2.75) is 66.0 Å². The van der Waals surface area contributed by atoms with Gasteiger partial charge in [-0.3, -0.25) is 4.79 Å². The van der Waals surface area contributed by atoms with Gasteiger partial charge in [-0.15, -0.1) is 0 Å². The second kappa shape index (κ2) is 21.6. The Balaban J connectivity index is 0.000000268. The van der Waals surface area contributed by atoms with Crippen LogP contribution in [0.15, 0.2) is 106 Å². The normalized spacial score (nSPS) is 11.2. The average molecular weight is 1010 g/mol. The topological polar surface area (TPSA) is 91.4 Å². The van der Waals surface area contributed by atoms with Crippen LogP contribution in [-0.2, 0) is 23.6 Å². The molecular weight excluding hydrogens is 971 g/mol. The van der Waals surface area contributed by atoms with Crippen LogP contribution in [0.5, 0.6) is 11.5 Å². The molecule has 8 nitrogen and oxygen atoms in total. The van der Waals surface area contributed by atoms with Crippen molar-refractivity contribution in [3.05, 3.63) is 149 Å². The first kappa shape index (κ1) is 48.8. The number of hydrogen-bond acceptors (Lipinski definition) is 6. The Morgan fingerprint density at radius 2 is 1.07 bits per heavy atom. The number of ether oxygens (including phenoxy) is 2. The van der Waals surface area contributed by atoms with Crippen LogP contribution in [-0.4, -0.2) is 37.1 Å². The number of rotatable bonds is 10. The number of aliphatic hydroxyl groups is 1. The van der Waals surface area contributed by atoms with Crippen molar-refractivity contribution in [2.75, 3.05) is 0 Å². The van der Waals surface area contributed by atoms with Crippen LogP contribution < -0.4 is 9.47 Å². The van der Waals surface area contributed by atoms with E-state index in [-0.39, 0.29) is 20.0 Å². The summed E-state index contributed by atoms with van der Waals surface area (Å²) >= 11 is 32.2. The van der Waals surface area contributed by atoms with Crippen molar-refractivity contribution in [1.29, 1.82) is 0 Å². The lowest BCUT2D eigenvalue weighted by atomic mass is 10.1. The number of aldehydes is 1. The SMILES string of the molecule is C.CC(C)(O)c1cc(COc2ccc(Br)cc2)n(-c2c(Cl)cccc2Cl)n1.CC(C)c1cc(COc2ccc(Br)cc2)n(-c2c(Cl)cccc2Cl)n1.O=CC(F)(F)F. The van der Waals surface area contributed by atoms with Gasteiger partial charge >= 0.3 is 6.18 Å². The Morgan fingerprint density at radius 3 is 1.41 bits per heavy atom. The first-order valence-electron chi connectivity index (χ1n) is 16.9. The van der Waals surface area contributed by atoms with Crippen LogP contribution in [0.2, 0.25) is 20.1 Å². The fourth-order valence-corrected chi connectivity index (χ4v) is 6.44. The van der Waals surface area contributed by atoms with Gasteiger partial charge < -0.3 is 14.6 Å².